The summed E-state index contributed by atoms with van der Waals surface area (Å²) in [5.41, 5.74) is -0.0986. The molecule has 21 heavy (non-hydrogen) atoms. The molecule has 1 saturated carbocycles. The maximum Gasteiger partial charge on any atom is 0.306 e. The minimum Gasteiger partial charge on any atom is -0.469 e. The summed E-state index contributed by atoms with van der Waals surface area (Å²) < 4.78 is 4.72. The van der Waals surface area contributed by atoms with Gasteiger partial charge in [-0.2, -0.15) is 0 Å². The molecule has 4 heteroatoms. The number of ether oxygens (including phenoxy) is 1. The Labute approximate surface area is 129 Å². The summed E-state index contributed by atoms with van der Waals surface area (Å²) in [6, 6.07) is 0. The Morgan fingerprint density at radius 3 is 2.10 bits per heavy atom. The molecule has 1 amide bonds. The van der Waals surface area contributed by atoms with Crippen molar-refractivity contribution in [1.82, 2.24) is 5.32 Å². The molecule has 0 unspecified atom stereocenters. The molecule has 1 aliphatic rings. The lowest BCUT2D eigenvalue weighted by Crippen LogP contribution is -2.55. The van der Waals surface area contributed by atoms with Crippen LogP contribution >= 0.6 is 0 Å². The topological polar surface area (TPSA) is 55.4 Å². The van der Waals surface area contributed by atoms with E-state index in [0.29, 0.717) is 5.92 Å². The van der Waals surface area contributed by atoms with Crippen LogP contribution in [-0.4, -0.2) is 24.5 Å². The second kappa shape index (κ2) is 7.81. The van der Waals surface area contributed by atoms with Crippen LogP contribution in [0.2, 0.25) is 0 Å². The Bertz CT molecular complexity index is 357. The van der Waals surface area contributed by atoms with E-state index in [9.17, 15) is 9.59 Å². The standard InChI is InChI=1S/C17H31NO3/c1-12(2)14(11-15(19)21-5)16(20)18-17(13(3)4)9-7-6-8-10-17/h12-14H,6-11H2,1-5H3,(H,18,20)/t14-/m1/s1. The van der Waals surface area contributed by atoms with Crippen LogP contribution in [0.15, 0.2) is 0 Å². The van der Waals surface area contributed by atoms with Crippen LogP contribution in [0.5, 0.6) is 0 Å². The Morgan fingerprint density at radius 2 is 1.67 bits per heavy atom. The SMILES string of the molecule is COC(=O)C[C@@H](C(=O)NC1(C(C)C)CCCCC1)C(C)C. The van der Waals surface area contributed by atoms with Gasteiger partial charge >= 0.3 is 5.97 Å². The van der Waals surface area contributed by atoms with E-state index in [0.717, 1.165) is 12.8 Å². The molecule has 1 aliphatic carbocycles. The molecule has 0 aromatic carbocycles. The lowest BCUT2D eigenvalue weighted by atomic mass is 9.73. The van der Waals surface area contributed by atoms with E-state index in [1.54, 1.807) is 0 Å². The molecule has 0 aromatic heterocycles. The smallest absolute Gasteiger partial charge is 0.306 e. The first-order valence-corrected chi connectivity index (χ1v) is 8.21. The van der Waals surface area contributed by atoms with Gasteiger partial charge in [0.1, 0.15) is 0 Å². The summed E-state index contributed by atoms with van der Waals surface area (Å²) in [6.07, 6.45) is 5.83. The summed E-state index contributed by atoms with van der Waals surface area (Å²) in [7, 11) is 1.37. The van der Waals surface area contributed by atoms with Crippen molar-refractivity contribution in [2.24, 2.45) is 17.8 Å². The van der Waals surface area contributed by atoms with Crippen LogP contribution < -0.4 is 5.32 Å². The van der Waals surface area contributed by atoms with E-state index in [1.165, 1.54) is 26.4 Å². The predicted octanol–water partition coefficient (Wildman–Crippen LogP) is 3.30. The number of nitrogens with one attached hydrogen (secondary N) is 1. The normalized spacial score (nSPS) is 19.4. The van der Waals surface area contributed by atoms with Crippen LogP contribution in [0.1, 0.15) is 66.2 Å². The first kappa shape index (κ1) is 18.0. The molecule has 1 atom stereocenters. The van der Waals surface area contributed by atoms with Crippen molar-refractivity contribution in [3.05, 3.63) is 0 Å². The second-order valence-corrected chi connectivity index (χ2v) is 6.99. The van der Waals surface area contributed by atoms with Gasteiger partial charge in [0.25, 0.3) is 0 Å². The molecule has 0 spiro atoms. The number of methoxy groups -OCH3 is 1. The van der Waals surface area contributed by atoms with Crippen LogP contribution in [0.25, 0.3) is 0 Å². The highest BCUT2D eigenvalue weighted by Gasteiger charge is 2.38. The van der Waals surface area contributed by atoms with Crippen molar-refractivity contribution in [3.63, 3.8) is 0 Å². The molecular weight excluding hydrogens is 266 g/mol. The second-order valence-electron chi connectivity index (χ2n) is 6.99. The lowest BCUT2D eigenvalue weighted by Gasteiger charge is -2.42. The van der Waals surface area contributed by atoms with E-state index in [4.69, 9.17) is 4.74 Å². The number of amides is 1. The Hall–Kier alpha value is -1.06. The highest BCUT2D eigenvalue weighted by molar-refractivity contribution is 5.84. The summed E-state index contributed by atoms with van der Waals surface area (Å²) >= 11 is 0. The molecule has 1 fully saturated rings. The fourth-order valence-corrected chi connectivity index (χ4v) is 3.26. The van der Waals surface area contributed by atoms with Crippen molar-refractivity contribution in [3.8, 4) is 0 Å². The minimum atomic E-state index is -0.314. The third-order valence-corrected chi connectivity index (χ3v) is 4.98. The van der Waals surface area contributed by atoms with Gasteiger partial charge in [0.05, 0.1) is 19.4 Å². The van der Waals surface area contributed by atoms with Gasteiger partial charge < -0.3 is 10.1 Å². The summed E-state index contributed by atoms with van der Waals surface area (Å²) in [6.45, 7) is 8.32. The molecule has 0 aromatic rings. The van der Waals surface area contributed by atoms with Gasteiger partial charge in [0, 0.05) is 5.54 Å². The number of esters is 1. The third-order valence-electron chi connectivity index (χ3n) is 4.98. The zero-order valence-electron chi connectivity index (χ0n) is 14.2. The lowest BCUT2D eigenvalue weighted by molar-refractivity contribution is -0.145. The molecule has 0 aliphatic heterocycles. The number of hydrogen-bond acceptors (Lipinski definition) is 3. The molecule has 0 bridgehead atoms. The number of hydrogen-bond donors (Lipinski definition) is 1. The van der Waals surface area contributed by atoms with Gasteiger partial charge in [-0.3, -0.25) is 9.59 Å². The fraction of sp³-hybridized carbons (Fsp3) is 0.882. The molecule has 1 rings (SSSR count). The Kier molecular flexibility index (Phi) is 6.69. The zero-order chi connectivity index (χ0) is 16.0. The first-order valence-electron chi connectivity index (χ1n) is 8.21. The summed E-state index contributed by atoms with van der Waals surface area (Å²) in [4.78, 5) is 24.2. The number of rotatable bonds is 6. The van der Waals surface area contributed by atoms with Crippen molar-refractivity contribution >= 4 is 11.9 Å². The van der Waals surface area contributed by atoms with E-state index >= 15 is 0 Å². The molecule has 4 nitrogen and oxygen atoms in total. The molecule has 0 saturated heterocycles. The number of carbonyl (C=O) groups is 2. The van der Waals surface area contributed by atoms with Crippen molar-refractivity contribution in [2.75, 3.05) is 7.11 Å². The van der Waals surface area contributed by atoms with Gasteiger partial charge in [0.15, 0.2) is 0 Å². The monoisotopic (exact) mass is 297 g/mol. The summed E-state index contributed by atoms with van der Waals surface area (Å²) in [5, 5.41) is 3.30. The van der Waals surface area contributed by atoms with Crippen molar-refractivity contribution < 1.29 is 14.3 Å². The van der Waals surface area contributed by atoms with Crippen molar-refractivity contribution in [1.29, 1.82) is 0 Å². The van der Waals surface area contributed by atoms with Crippen LogP contribution in [0, 0.1) is 17.8 Å². The fourth-order valence-electron chi connectivity index (χ4n) is 3.26. The molecule has 0 heterocycles. The van der Waals surface area contributed by atoms with Gasteiger partial charge in [-0.25, -0.2) is 0 Å². The average molecular weight is 297 g/mol. The van der Waals surface area contributed by atoms with Crippen LogP contribution in [0.4, 0.5) is 0 Å². The Balaban J connectivity index is 2.80. The molecule has 0 radical (unpaired) electrons. The van der Waals surface area contributed by atoms with Crippen LogP contribution in [-0.2, 0) is 14.3 Å². The van der Waals surface area contributed by atoms with E-state index in [2.05, 4.69) is 19.2 Å². The molecule has 1 N–H and O–H groups in total. The first-order chi connectivity index (χ1) is 9.82. The van der Waals surface area contributed by atoms with E-state index in [-0.39, 0.29) is 35.7 Å². The maximum atomic E-state index is 12.7. The largest absolute Gasteiger partial charge is 0.469 e. The third kappa shape index (κ3) is 4.72. The quantitative estimate of drug-likeness (QED) is 0.765. The maximum absolute atomic E-state index is 12.7. The number of carbonyl (C=O) groups excluding carboxylic acids is 2. The van der Waals surface area contributed by atoms with Gasteiger partial charge in [-0.1, -0.05) is 47.0 Å². The Morgan fingerprint density at radius 1 is 1.10 bits per heavy atom. The zero-order valence-corrected chi connectivity index (χ0v) is 14.2. The van der Waals surface area contributed by atoms with Crippen molar-refractivity contribution in [2.45, 2.75) is 71.8 Å². The predicted molar refractivity (Wildman–Crippen MR) is 83.8 cm³/mol. The molecule has 122 valence electrons. The highest BCUT2D eigenvalue weighted by Crippen LogP contribution is 2.35. The van der Waals surface area contributed by atoms with Crippen LogP contribution in [0.3, 0.4) is 0 Å². The average Bonchev–Trinajstić information content (AvgIpc) is 2.44. The molecular formula is C17H31NO3. The highest BCUT2D eigenvalue weighted by atomic mass is 16.5. The van der Waals surface area contributed by atoms with Gasteiger partial charge in [-0.15, -0.1) is 0 Å². The van der Waals surface area contributed by atoms with Gasteiger partial charge in [0.2, 0.25) is 5.91 Å². The van der Waals surface area contributed by atoms with E-state index < -0.39 is 0 Å². The van der Waals surface area contributed by atoms with Gasteiger partial charge in [-0.05, 0) is 24.7 Å². The summed E-state index contributed by atoms with van der Waals surface area (Å²) in [5.74, 6) is -0.0864. The minimum absolute atomic E-state index is 0.00556. The van der Waals surface area contributed by atoms with E-state index in [1.807, 2.05) is 13.8 Å².